The lowest BCUT2D eigenvalue weighted by Gasteiger charge is -2.04. The molecule has 4 nitrogen and oxygen atoms in total. The maximum Gasteiger partial charge on any atom is 0.228 e. The van der Waals surface area contributed by atoms with Crippen LogP contribution in [-0.2, 0) is 6.42 Å². The predicted octanol–water partition coefficient (Wildman–Crippen LogP) is 3.30. The summed E-state index contributed by atoms with van der Waals surface area (Å²) in [7, 11) is 1.90. The molecule has 0 spiro atoms. The fourth-order valence-corrected chi connectivity index (χ4v) is 1.95. The number of aromatic nitrogens is 2. The molecule has 96 valence electrons. The molecule has 0 amide bonds. The van der Waals surface area contributed by atoms with E-state index in [4.69, 9.17) is 16.1 Å². The number of hydrogen-bond acceptors (Lipinski definition) is 4. The molecule has 18 heavy (non-hydrogen) atoms. The van der Waals surface area contributed by atoms with Crippen molar-refractivity contribution in [2.45, 2.75) is 19.4 Å². The minimum atomic E-state index is 0.301. The Morgan fingerprint density at radius 1 is 1.50 bits per heavy atom. The van der Waals surface area contributed by atoms with Crippen LogP contribution in [0.2, 0.25) is 5.02 Å². The summed E-state index contributed by atoms with van der Waals surface area (Å²) in [5, 5.41) is 7.75. The summed E-state index contributed by atoms with van der Waals surface area (Å²) in [5.41, 5.74) is 0.874. The summed E-state index contributed by atoms with van der Waals surface area (Å²) in [5.74, 6) is 1.20. The Morgan fingerprint density at radius 2 is 2.28 bits per heavy atom. The fourth-order valence-electron chi connectivity index (χ4n) is 1.45. The van der Waals surface area contributed by atoms with Crippen molar-refractivity contribution in [3.05, 3.63) is 33.6 Å². The number of nitrogens with zero attached hydrogens (tertiary/aromatic N) is 2. The molecule has 1 aromatic carbocycles. The van der Waals surface area contributed by atoms with E-state index >= 15 is 0 Å². The van der Waals surface area contributed by atoms with Crippen molar-refractivity contribution in [1.82, 2.24) is 15.5 Å². The molecular weight excluding hydrogens is 318 g/mol. The molecule has 0 aliphatic rings. The van der Waals surface area contributed by atoms with Gasteiger partial charge in [0.2, 0.25) is 11.7 Å². The zero-order valence-corrected chi connectivity index (χ0v) is 12.4. The monoisotopic (exact) mass is 329 g/mol. The molecule has 2 aromatic rings. The Morgan fingerprint density at radius 3 is 2.94 bits per heavy atom. The molecule has 1 aromatic heterocycles. The summed E-state index contributed by atoms with van der Waals surface area (Å²) in [6.07, 6.45) is 0.707. The molecule has 1 atom stereocenters. The van der Waals surface area contributed by atoms with Gasteiger partial charge in [-0.25, -0.2) is 0 Å². The van der Waals surface area contributed by atoms with Gasteiger partial charge in [-0.2, -0.15) is 4.98 Å². The van der Waals surface area contributed by atoms with Crippen LogP contribution in [0.25, 0.3) is 11.4 Å². The summed E-state index contributed by atoms with van der Waals surface area (Å²) in [6.45, 7) is 2.06. The summed E-state index contributed by atoms with van der Waals surface area (Å²) in [4.78, 5) is 4.36. The molecule has 0 aliphatic heterocycles. The minimum Gasteiger partial charge on any atom is -0.339 e. The van der Waals surface area contributed by atoms with Gasteiger partial charge in [0.25, 0.3) is 0 Å². The Hall–Kier alpha value is -0.910. The number of likely N-dealkylation sites (N-methyl/N-ethyl adjacent to an activating group) is 1. The molecule has 1 N–H and O–H groups in total. The number of hydrogen-bond donors (Lipinski definition) is 1. The highest BCUT2D eigenvalue weighted by atomic mass is 79.9. The summed E-state index contributed by atoms with van der Waals surface area (Å²) < 4.78 is 6.03. The summed E-state index contributed by atoms with van der Waals surface area (Å²) in [6, 6.07) is 5.84. The molecule has 0 aliphatic carbocycles. The van der Waals surface area contributed by atoms with Gasteiger partial charge in [-0.15, -0.1) is 0 Å². The van der Waals surface area contributed by atoms with Crippen molar-refractivity contribution in [3.63, 3.8) is 0 Å². The van der Waals surface area contributed by atoms with E-state index in [0.29, 0.717) is 29.2 Å². The standard InChI is InChI=1S/C12H13BrClN3O/c1-7(15-2)5-11-16-12(17-18-11)8-3-4-10(14)9(13)6-8/h3-4,6-7,15H,5H2,1-2H3. The van der Waals surface area contributed by atoms with E-state index in [1.807, 2.05) is 19.2 Å². The van der Waals surface area contributed by atoms with Crippen LogP contribution >= 0.6 is 27.5 Å². The van der Waals surface area contributed by atoms with E-state index in [9.17, 15) is 0 Å². The van der Waals surface area contributed by atoms with Gasteiger partial charge < -0.3 is 9.84 Å². The number of rotatable bonds is 4. The van der Waals surface area contributed by atoms with Gasteiger partial charge in [0.1, 0.15) is 0 Å². The Bertz CT molecular complexity index is 544. The molecule has 0 saturated carbocycles. The molecule has 1 heterocycles. The normalized spacial score (nSPS) is 12.7. The number of benzene rings is 1. The van der Waals surface area contributed by atoms with Crippen LogP contribution in [0.4, 0.5) is 0 Å². The van der Waals surface area contributed by atoms with Crippen molar-refractivity contribution < 1.29 is 4.52 Å². The summed E-state index contributed by atoms with van der Waals surface area (Å²) >= 11 is 9.32. The maximum absolute atomic E-state index is 5.94. The lowest BCUT2D eigenvalue weighted by atomic mass is 10.2. The van der Waals surface area contributed by atoms with Crippen LogP contribution in [0.5, 0.6) is 0 Å². The quantitative estimate of drug-likeness (QED) is 0.934. The molecule has 1 unspecified atom stereocenters. The van der Waals surface area contributed by atoms with Crippen LogP contribution in [-0.4, -0.2) is 23.2 Å². The van der Waals surface area contributed by atoms with Gasteiger partial charge in [-0.05, 0) is 48.1 Å². The molecule has 0 bridgehead atoms. The smallest absolute Gasteiger partial charge is 0.228 e. The third-order valence-corrected chi connectivity index (χ3v) is 3.83. The van der Waals surface area contributed by atoms with Gasteiger partial charge in [0.05, 0.1) is 5.02 Å². The highest BCUT2D eigenvalue weighted by molar-refractivity contribution is 9.10. The van der Waals surface area contributed by atoms with Crippen LogP contribution in [0.15, 0.2) is 27.2 Å². The van der Waals surface area contributed by atoms with Crippen LogP contribution < -0.4 is 5.32 Å². The molecule has 0 fully saturated rings. The molecule has 0 saturated heterocycles. The number of nitrogens with one attached hydrogen (secondary N) is 1. The van der Waals surface area contributed by atoms with E-state index < -0.39 is 0 Å². The zero-order valence-electron chi connectivity index (χ0n) is 10.1. The molecule has 6 heteroatoms. The third-order valence-electron chi connectivity index (χ3n) is 2.62. The van der Waals surface area contributed by atoms with Gasteiger partial charge in [0.15, 0.2) is 0 Å². The molecule has 0 radical (unpaired) electrons. The van der Waals surface area contributed by atoms with Gasteiger partial charge >= 0.3 is 0 Å². The maximum atomic E-state index is 5.94. The predicted molar refractivity (Wildman–Crippen MR) is 74.7 cm³/mol. The largest absolute Gasteiger partial charge is 0.339 e. The Balaban J connectivity index is 2.21. The first-order chi connectivity index (χ1) is 8.60. The van der Waals surface area contributed by atoms with Gasteiger partial charge in [0, 0.05) is 22.5 Å². The van der Waals surface area contributed by atoms with E-state index in [2.05, 4.69) is 38.3 Å². The zero-order chi connectivity index (χ0) is 13.1. The second kappa shape index (κ2) is 5.82. The number of halogens is 2. The average molecular weight is 331 g/mol. The van der Waals surface area contributed by atoms with E-state index in [0.717, 1.165) is 10.0 Å². The van der Waals surface area contributed by atoms with Crippen LogP contribution in [0.1, 0.15) is 12.8 Å². The Labute approximate surface area is 119 Å². The van der Waals surface area contributed by atoms with Crippen LogP contribution in [0, 0.1) is 0 Å². The Kier molecular flexibility index (Phi) is 4.37. The lowest BCUT2D eigenvalue weighted by Crippen LogP contribution is -2.23. The van der Waals surface area contributed by atoms with Crippen molar-refractivity contribution in [2.75, 3.05) is 7.05 Å². The van der Waals surface area contributed by atoms with Crippen molar-refractivity contribution in [1.29, 1.82) is 0 Å². The van der Waals surface area contributed by atoms with Crippen molar-refractivity contribution in [3.8, 4) is 11.4 Å². The van der Waals surface area contributed by atoms with Gasteiger partial charge in [-0.3, -0.25) is 0 Å². The first-order valence-corrected chi connectivity index (χ1v) is 6.72. The SMILES string of the molecule is CNC(C)Cc1nc(-c2ccc(Cl)c(Br)c2)no1. The van der Waals surface area contributed by atoms with Crippen molar-refractivity contribution in [2.24, 2.45) is 0 Å². The molecular formula is C12H13BrClN3O. The fraction of sp³-hybridized carbons (Fsp3) is 0.333. The second-order valence-electron chi connectivity index (χ2n) is 4.03. The van der Waals surface area contributed by atoms with E-state index in [1.54, 1.807) is 6.07 Å². The molecule has 2 rings (SSSR count). The first kappa shape index (κ1) is 13.5. The van der Waals surface area contributed by atoms with Gasteiger partial charge in [-0.1, -0.05) is 16.8 Å². The second-order valence-corrected chi connectivity index (χ2v) is 5.30. The highest BCUT2D eigenvalue weighted by Gasteiger charge is 2.11. The first-order valence-electron chi connectivity index (χ1n) is 5.55. The van der Waals surface area contributed by atoms with Crippen LogP contribution in [0.3, 0.4) is 0 Å². The van der Waals surface area contributed by atoms with Crippen molar-refractivity contribution >= 4 is 27.5 Å². The minimum absolute atomic E-state index is 0.301. The average Bonchev–Trinajstić information content (AvgIpc) is 2.81. The third kappa shape index (κ3) is 3.10. The lowest BCUT2D eigenvalue weighted by molar-refractivity contribution is 0.365. The highest BCUT2D eigenvalue weighted by Crippen LogP contribution is 2.27. The topological polar surface area (TPSA) is 51.0 Å². The van der Waals surface area contributed by atoms with E-state index in [1.165, 1.54) is 0 Å². The van der Waals surface area contributed by atoms with E-state index in [-0.39, 0.29) is 0 Å².